The van der Waals surface area contributed by atoms with Gasteiger partial charge < -0.3 is 15.5 Å². The number of alkyl halides is 3. The Kier molecular flexibility index (Phi) is 8.61. The lowest BCUT2D eigenvalue weighted by atomic mass is 9.73. The first-order valence-corrected chi connectivity index (χ1v) is 14.7. The largest absolute Gasteiger partial charge is 0.405 e. The van der Waals surface area contributed by atoms with Crippen molar-refractivity contribution in [2.75, 3.05) is 32.7 Å². The van der Waals surface area contributed by atoms with Gasteiger partial charge in [-0.2, -0.15) is 13.2 Å². The third kappa shape index (κ3) is 6.10. The Morgan fingerprint density at radius 2 is 1.65 bits per heavy atom. The number of benzene rings is 2. The maximum atomic E-state index is 13.6. The number of unbranched alkanes of at least 4 members (excludes halogenated alkanes) is 1. The topological polar surface area (TPSA) is 61.4 Å². The van der Waals surface area contributed by atoms with Gasteiger partial charge in [-0.25, -0.2) is 0 Å². The lowest BCUT2D eigenvalue weighted by Gasteiger charge is -2.34. The smallest absolute Gasteiger partial charge is 0.351 e. The number of piperidine rings is 1. The van der Waals surface area contributed by atoms with Crippen LogP contribution in [-0.2, 0) is 10.2 Å². The summed E-state index contributed by atoms with van der Waals surface area (Å²) in [6, 6.07) is 18.8. The van der Waals surface area contributed by atoms with Crippen LogP contribution in [0, 0.1) is 5.92 Å². The molecule has 40 heavy (non-hydrogen) atoms. The zero-order valence-electron chi connectivity index (χ0n) is 22.3. The first kappa shape index (κ1) is 28.4. The van der Waals surface area contributed by atoms with E-state index >= 15 is 0 Å². The van der Waals surface area contributed by atoms with E-state index in [2.05, 4.69) is 15.5 Å². The number of thiophene rings is 1. The molecule has 1 fully saturated rings. The quantitative estimate of drug-likeness (QED) is 0.294. The number of amides is 2. The highest BCUT2D eigenvalue weighted by molar-refractivity contribution is 7.12. The van der Waals surface area contributed by atoms with Crippen LogP contribution in [0.25, 0.3) is 11.1 Å². The maximum Gasteiger partial charge on any atom is 0.405 e. The summed E-state index contributed by atoms with van der Waals surface area (Å²) in [5.41, 5.74) is 2.20. The van der Waals surface area contributed by atoms with Gasteiger partial charge in [0.1, 0.15) is 12.0 Å². The molecule has 2 N–H and O–H groups in total. The van der Waals surface area contributed by atoms with E-state index in [1.165, 1.54) is 11.3 Å². The maximum absolute atomic E-state index is 13.6. The molecular formula is C31H34F3N3O2S. The van der Waals surface area contributed by atoms with E-state index in [1.807, 2.05) is 66.0 Å². The molecule has 0 saturated carbocycles. The average molecular weight is 570 g/mol. The van der Waals surface area contributed by atoms with Crippen LogP contribution in [0.4, 0.5) is 13.2 Å². The second-order valence-corrected chi connectivity index (χ2v) is 11.7. The van der Waals surface area contributed by atoms with E-state index in [9.17, 15) is 22.8 Å². The van der Waals surface area contributed by atoms with Gasteiger partial charge in [0, 0.05) is 13.1 Å². The number of fused-ring (bicyclic) bond motifs is 3. The minimum Gasteiger partial charge on any atom is -0.351 e. The SMILES string of the molecule is O=C(NCC1CCCN(CCCCC2(C(=O)NCC(F)(F)F)c3ccccc3-c3ccccc32)C1)c1cccs1. The standard InChI is InChI=1S/C31H34F3N3O2S/c32-31(33,34)21-36-29(39)30(25-12-3-1-10-23(25)24-11-2-4-13-26(24)30)15-5-6-16-37-17-7-9-22(20-37)19-35-28(38)27-14-8-18-40-27/h1-4,8,10-14,18,22H,5-7,9,15-17,19-21H2,(H,35,38)(H,36,39). The van der Waals surface area contributed by atoms with Crippen LogP contribution in [0.5, 0.6) is 0 Å². The Bertz CT molecular complexity index is 1280. The molecule has 0 spiro atoms. The van der Waals surface area contributed by atoms with Gasteiger partial charge in [-0.1, -0.05) is 61.0 Å². The van der Waals surface area contributed by atoms with Crippen molar-refractivity contribution >= 4 is 23.2 Å². The zero-order valence-corrected chi connectivity index (χ0v) is 23.1. The predicted octanol–water partition coefficient (Wildman–Crippen LogP) is 6.01. The third-order valence-electron chi connectivity index (χ3n) is 8.08. The number of rotatable bonds is 10. The first-order valence-electron chi connectivity index (χ1n) is 13.9. The molecule has 5 rings (SSSR count). The number of hydrogen-bond donors (Lipinski definition) is 2. The molecule has 212 valence electrons. The van der Waals surface area contributed by atoms with Gasteiger partial charge in [0.05, 0.1) is 4.88 Å². The van der Waals surface area contributed by atoms with Crippen molar-refractivity contribution in [3.05, 3.63) is 82.0 Å². The normalized spacial score (nSPS) is 18.1. The summed E-state index contributed by atoms with van der Waals surface area (Å²) < 4.78 is 39.3. The number of likely N-dealkylation sites (tertiary alicyclic amines) is 1. The lowest BCUT2D eigenvalue weighted by molar-refractivity contribution is -0.141. The molecule has 2 heterocycles. The molecule has 5 nitrogen and oxygen atoms in total. The molecule has 2 aromatic carbocycles. The van der Waals surface area contributed by atoms with Crippen LogP contribution < -0.4 is 10.6 Å². The predicted molar refractivity (Wildman–Crippen MR) is 151 cm³/mol. The molecule has 2 amide bonds. The number of hydrogen-bond acceptors (Lipinski definition) is 4. The van der Waals surface area contributed by atoms with Crippen LogP contribution >= 0.6 is 11.3 Å². The van der Waals surface area contributed by atoms with Gasteiger partial charge in [-0.3, -0.25) is 9.59 Å². The molecule has 1 unspecified atom stereocenters. The Morgan fingerprint density at radius 3 is 2.30 bits per heavy atom. The first-order chi connectivity index (χ1) is 19.3. The van der Waals surface area contributed by atoms with Gasteiger partial charge in [-0.05, 0) is 78.4 Å². The number of halogens is 3. The van der Waals surface area contributed by atoms with Crippen molar-refractivity contribution in [1.82, 2.24) is 15.5 Å². The molecule has 1 saturated heterocycles. The van der Waals surface area contributed by atoms with Crippen LogP contribution in [0.15, 0.2) is 66.0 Å². The van der Waals surface area contributed by atoms with E-state index in [0.717, 1.165) is 66.0 Å². The van der Waals surface area contributed by atoms with E-state index in [1.54, 1.807) is 0 Å². The monoisotopic (exact) mass is 569 g/mol. The summed E-state index contributed by atoms with van der Waals surface area (Å²) in [7, 11) is 0. The van der Waals surface area contributed by atoms with Crippen molar-refractivity contribution < 1.29 is 22.8 Å². The Morgan fingerprint density at radius 1 is 0.950 bits per heavy atom. The molecule has 0 bridgehead atoms. The van der Waals surface area contributed by atoms with E-state index in [4.69, 9.17) is 0 Å². The Hall–Kier alpha value is -3.17. The second kappa shape index (κ2) is 12.1. The highest BCUT2D eigenvalue weighted by Gasteiger charge is 2.49. The average Bonchev–Trinajstić information content (AvgIpc) is 3.59. The fourth-order valence-electron chi connectivity index (χ4n) is 6.26. The van der Waals surface area contributed by atoms with Gasteiger partial charge in [0.15, 0.2) is 0 Å². The van der Waals surface area contributed by atoms with E-state index < -0.39 is 24.0 Å². The summed E-state index contributed by atoms with van der Waals surface area (Å²) >= 11 is 1.43. The number of carbonyl (C=O) groups is 2. The molecule has 0 radical (unpaired) electrons. The van der Waals surface area contributed by atoms with Crippen molar-refractivity contribution in [1.29, 1.82) is 0 Å². The summed E-state index contributed by atoms with van der Waals surface area (Å²) in [4.78, 5) is 29.1. The number of nitrogens with zero attached hydrogens (tertiary/aromatic N) is 1. The minimum atomic E-state index is -4.48. The number of carbonyl (C=O) groups excluding carboxylic acids is 2. The summed E-state index contributed by atoms with van der Waals surface area (Å²) in [5.74, 6) is -0.245. The summed E-state index contributed by atoms with van der Waals surface area (Å²) in [5, 5.41) is 7.16. The van der Waals surface area contributed by atoms with Crippen molar-refractivity contribution in [2.24, 2.45) is 5.92 Å². The molecule has 3 aromatic rings. The molecule has 1 atom stereocenters. The van der Waals surface area contributed by atoms with Gasteiger partial charge in [-0.15, -0.1) is 11.3 Å². The molecule has 1 aromatic heterocycles. The fourth-order valence-corrected chi connectivity index (χ4v) is 6.90. The van der Waals surface area contributed by atoms with Crippen LogP contribution in [0.1, 0.15) is 52.9 Å². The summed E-state index contributed by atoms with van der Waals surface area (Å²) in [6.07, 6.45) is -0.409. The van der Waals surface area contributed by atoms with Gasteiger partial charge in [0.2, 0.25) is 5.91 Å². The van der Waals surface area contributed by atoms with Crippen molar-refractivity contribution in [2.45, 2.75) is 43.7 Å². The third-order valence-corrected chi connectivity index (χ3v) is 8.95. The Labute approximate surface area is 236 Å². The fraction of sp³-hybridized carbons (Fsp3) is 0.419. The Balaban J connectivity index is 1.23. The van der Waals surface area contributed by atoms with Crippen molar-refractivity contribution in [3.63, 3.8) is 0 Å². The van der Waals surface area contributed by atoms with Crippen molar-refractivity contribution in [3.8, 4) is 11.1 Å². The molecule has 1 aliphatic carbocycles. The highest BCUT2D eigenvalue weighted by Crippen LogP contribution is 2.51. The van der Waals surface area contributed by atoms with E-state index in [-0.39, 0.29) is 5.91 Å². The van der Waals surface area contributed by atoms with Crippen LogP contribution in [-0.4, -0.2) is 55.6 Å². The van der Waals surface area contributed by atoms with Crippen LogP contribution in [0.2, 0.25) is 0 Å². The lowest BCUT2D eigenvalue weighted by Crippen LogP contribution is -2.47. The minimum absolute atomic E-state index is 0.0293. The molecule has 2 aliphatic rings. The van der Waals surface area contributed by atoms with Gasteiger partial charge >= 0.3 is 6.18 Å². The highest BCUT2D eigenvalue weighted by atomic mass is 32.1. The number of nitrogens with one attached hydrogen (secondary N) is 2. The zero-order chi connectivity index (χ0) is 28.2. The molecule has 1 aliphatic heterocycles. The summed E-state index contributed by atoms with van der Waals surface area (Å²) in [6.45, 7) is 2.02. The molecular weight excluding hydrogens is 535 g/mol. The van der Waals surface area contributed by atoms with Crippen LogP contribution in [0.3, 0.4) is 0 Å². The molecule has 9 heteroatoms. The second-order valence-electron chi connectivity index (χ2n) is 10.7. The van der Waals surface area contributed by atoms with E-state index in [0.29, 0.717) is 25.3 Å². The van der Waals surface area contributed by atoms with Gasteiger partial charge in [0.25, 0.3) is 5.91 Å².